The third-order valence-electron chi connectivity index (χ3n) is 3.28. The van der Waals surface area contributed by atoms with Crippen molar-refractivity contribution in [2.45, 2.75) is 20.8 Å². The maximum absolute atomic E-state index is 11.3. The molecule has 0 saturated carbocycles. The number of ether oxygens (including phenoxy) is 1. The zero-order valence-electron chi connectivity index (χ0n) is 17.4. The zero-order valence-corrected chi connectivity index (χ0v) is 23.8. The molecular formula is C20H18I3O10-. The molecule has 0 aliphatic carbocycles. The number of carbonyl (C=O) groups is 5. The van der Waals surface area contributed by atoms with E-state index >= 15 is 0 Å². The maximum atomic E-state index is 11.3. The van der Waals surface area contributed by atoms with E-state index in [9.17, 15) is 27.4 Å². The summed E-state index contributed by atoms with van der Waals surface area (Å²) in [6.07, 6.45) is 0. The molecule has 0 spiro atoms. The van der Waals surface area contributed by atoms with Gasteiger partial charge in [0.05, 0.1) is 0 Å². The fourth-order valence-corrected chi connectivity index (χ4v) is 7.55. The van der Waals surface area contributed by atoms with E-state index in [4.69, 9.17) is 9.20 Å². The third-order valence-corrected chi connectivity index (χ3v) is 9.74. The van der Waals surface area contributed by atoms with Crippen LogP contribution in [0.15, 0.2) is 48.5 Å². The molecule has 2 aliphatic rings. The normalized spacial score (nSPS) is 14.4. The van der Waals surface area contributed by atoms with Crippen LogP contribution in [0.4, 0.5) is 0 Å². The number of rotatable bonds is 1. The Morgan fingerprint density at radius 2 is 1.21 bits per heavy atom. The van der Waals surface area contributed by atoms with Crippen LogP contribution in [0.1, 0.15) is 41.5 Å². The summed E-state index contributed by atoms with van der Waals surface area (Å²) in [6.45, 7) is 3.68. The van der Waals surface area contributed by atoms with Crippen LogP contribution >= 0.6 is 41.3 Å². The molecule has 0 atom stereocenters. The van der Waals surface area contributed by atoms with Crippen LogP contribution in [0.2, 0.25) is 0 Å². The summed E-state index contributed by atoms with van der Waals surface area (Å²) in [5.41, 5.74) is 1.05. The van der Waals surface area contributed by atoms with E-state index in [1.54, 1.807) is 48.5 Å². The second kappa shape index (κ2) is 13.8. The van der Waals surface area contributed by atoms with Crippen molar-refractivity contribution in [1.82, 2.24) is 0 Å². The minimum atomic E-state index is -2.52. The minimum absolute atomic E-state index is 0. The summed E-state index contributed by atoms with van der Waals surface area (Å²) in [4.78, 5) is 52.6. The standard InChI is InChI=1S/C9H7IO4.C7H5IO3.C4H6O3.HI/c1-6(11)13-10-8-5-3-2-4-7(8)9(12)14-10;9-7-5-3-1-2-4-6(5)8(10)11-7;1-3(5)7-4(2)6;/h2-5H,1H3;1-4,10H;1-2H3;1H/p-1. The van der Waals surface area contributed by atoms with Gasteiger partial charge < -0.3 is 28.7 Å². The number of benzene rings is 2. The number of carbonyl (C=O) groups excluding carboxylic acids is 5. The van der Waals surface area contributed by atoms with Gasteiger partial charge in [-0.15, -0.1) is 0 Å². The topological polar surface area (TPSA) is 142 Å². The average molecular weight is 799 g/mol. The fourth-order valence-electron chi connectivity index (χ4n) is 2.18. The van der Waals surface area contributed by atoms with Crippen molar-refractivity contribution in [2.24, 2.45) is 0 Å². The molecule has 0 fully saturated rings. The van der Waals surface area contributed by atoms with Crippen LogP contribution in [-0.4, -0.2) is 33.3 Å². The third kappa shape index (κ3) is 8.78. The minimum Gasteiger partial charge on any atom is -1.00 e. The Morgan fingerprint density at radius 1 is 0.758 bits per heavy atom. The van der Waals surface area contributed by atoms with Crippen molar-refractivity contribution in [1.29, 1.82) is 0 Å². The van der Waals surface area contributed by atoms with Gasteiger partial charge in [0.1, 0.15) is 0 Å². The van der Waals surface area contributed by atoms with E-state index in [1.807, 2.05) is 0 Å². The van der Waals surface area contributed by atoms with Gasteiger partial charge in [0.25, 0.3) is 0 Å². The predicted molar refractivity (Wildman–Crippen MR) is 126 cm³/mol. The summed E-state index contributed by atoms with van der Waals surface area (Å²) in [5.74, 6) is -2.29. The second-order valence-corrected chi connectivity index (χ2v) is 12.0. The Bertz CT molecular complexity index is 1040. The van der Waals surface area contributed by atoms with Gasteiger partial charge in [-0.2, -0.15) is 0 Å². The first-order valence-electron chi connectivity index (χ1n) is 8.71. The molecule has 0 bridgehead atoms. The van der Waals surface area contributed by atoms with Crippen molar-refractivity contribution in [3.05, 3.63) is 66.8 Å². The SMILES string of the molecule is CC(=O)OC(C)=O.CC(=O)OI1OC(=O)c2ccccc21.O=C1OI(O)c2ccccc21.[I-]. The molecule has 1 N–H and O–H groups in total. The molecule has 0 aromatic heterocycles. The molecule has 2 heterocycles. The Hall–Kier alpha value is -1.86. The fraction of sp³-hybridized carbons (Fsp3) is 0.150. The summed E-state index contributed by atoms with van der Waals surface area (Å²) < 4.78 is 29.4. The molecule has 10 nitrogen and oxygen atoms in total. The van der Waals surface area contributed by atoms with Crippen LogP contribution in [0.25, 0.3) is 0 Å². The van der Waals surface area contributed by atoms with E-state index in [0.29, 0.717) is 14.7 Å². The molecule has 4 rings (SSSR count). The smallest absolute Gasteiger partial charge is 1.00 e. The molecule has 2 aromatic carbocycles. The first-order valence-corrected chi connectivity index (χ1v) is 14.5. The van der Waals surface area contributed by atoms with Gasteiger partial charge in [0, 0.05) is 13.8 Å². The first kappa shape index (κ1) is 29.2. The Kier molecular flexibility index (Phi) is 12.2. The average Bonchev–Trinajstić information content (AvgIpc) is 3.18. The van der Waals surface area contributed by atoms with Crippen molar-refractivity contribution in [2.75, 3.05) is 0 Å². The number of fused-ring (bicyclic) bond motifs is 2. The monoisotopic (exact) mass is 799 g/mol. The van der Waals surface area contributed by atoms with Gasteiger partial charge >= 0.3 is 172 Å². The molecule has 13 heteroatoms. The van der Waals surface area contributed by atoms with Crippen molar-refractivity contribution >= 4 is 71.1 Å². The van der Waals surface area contributed by atoms with E-state index in [1.165, 1.54) is 20.8 Å². The summed E-state index contributed by atoms with van der Waals surface area (Å²) in [7, 11) is 0. The van der Waals surface area contributed by atoms with Crippen LogP contribution in [0.5, 0.6) is 0 Å². The number of esters is 2. The van der Waals surface area contributed by atoms with Crippen molar-refractivity contribution in [3.63, 3.8) is 0 Å². The largest absolute Gasteiger partial charge is 1.00 e. The van der Waals surface area contributed by atoms with E-state index in [2.05, 4.69) is 4.74 Å². The number of halogens is 3. The van der Waals surface area contributed by atoms with Crippen LogP contribution in [-0.2, 0) is 28.3 Å². The maximum Gasteiger partial charge on any atom is -1.00 e. The Balaban J connectivity index is 0.000000258. The zero-order chi connectivity index (χ0) is 23.8. The van der Waals surface area contributed by atoms with Crippen LogP contribution < -0.4 is 24.0 Å². The second-order valence-electron chi connectivity index (χ2n) is 5.79. The molecule has 180 valence electrons. The van der Waals surface area contributed by atoms with Crippen LogP contribution in [0.3, 0.4) is 0 Å². The van der Waals surface area contributed by atoms with E-state index < -0.39 is 59.2 Å². The molecule has 0 amide bonds. The quantitative estimate of drug-likeness (QED) is 0.245. The molecule has 33 heavy (non-hydrogen) atoms. The Morgan fingerprint density at radius 3 is 1.67 bits per heavy atom. The van der Waals surface area contributed by atoms with Gasteiger partial charge in [-0.05, 0) is 0 Å². The predicted octanol–water partition coefficient (Wildman–Crippen LogP) is 0.381. The molecule has 0 radical (unpaired) electrons. The number of hydrogen-bond acceptors (Lipinski definition) is 10. The van der Waals surface area contributed by atoms with Gasteiger partial charge in [-0.3, -0.25) is 9.59 Å². The summed E-state index contributed by atoms with van der Waals surface area (Å²) in [6, 6.07) is 14.0. The molecule has 2 aliphatic heterocycles. The Labute approximate surface area is 222 Å². The van der Waals surface area contributed by atoms with E-state index in [0.717, 1.165) is 3.57 Å². The van der Waals surface area contributed by atoms with Gasteiger partial charge in [0.15, 0.2) is 0 Å². The number of hydrogen-bond donors (Lipinski definition) is 1. The van der Waals surface area contributed by atoms with Gasteiger partial charge in [-0.1, -0.05) is 0 Å². The molecular weight excluding hydrogens is 781 g/mol. The molecule has 2 aromatic rings. The van der Waals surface area contributed by atoms with Crippen LogP contribution in [0, 0.1) is 7.14 Å². The van der Waals surface area contributed by atoms with Crippen molar-refractivity contribution in [3.8, 4) is 0 Å². The first-order chi connectivity index (χ1) is 15.1. The van der Waals surface area contributed by atoms with Gasteiger partial charge in [0.2, 0.25) is 0 Å². The van der Waals surface area contributed by atoms with Crippen molar-refractivity contribution < 1.29 is 65.3 Å². The summed E-state index contributed by atoms with van der Waals surface area (Å²) >= 11 is -4.99. The summed E-state index contributed by atoms with van der Waals surface area (Å²) in [5, 5.41) is 0. The molecule has 0 unspecified atom stereocenters. The van der Waals surface area contributed by atoms with E-state index in [-0.39, 0.29) is 35.9 Å². The van der Waals surface area contributed by atoms with Gasteiger partial charge in [-0.25, -0.2) is 0 Å². The molecule has 0 saturated heterocycles.